The average molecular weight is 476 g/mol. The Bertz CT molecular complexity index is 1170. The van der Waals surface area contributed by atoms with E-state index in [0.717, 1.165) is 20.1 Å². The number of rotatable bonds is 5. The molecule has 0 aliphatic carbocycles. The third kappa shape index (κ3) is 3.76. The van der Waals surface area contributed by atoms with Crippen molar-refractivity contribution in [1.29, 1.82) is 0 Å². The Morgan fingerprint density at radius 1 is 1.00 bits per heavy atom. The predicted molar refractivity (Wildman–Crippen MR) is 105 cm³/mol. The van der Waals surface area contributed by atoms with Crippen LogP contribution >= 0.6 is 27.3 Å². The van der Waals surface area contributed by atoms with E-state index in [-0.39, 0.29) is 14.9 Å². The van der Waals surface area contributed by atoms with Crippen molar-refractivity contribution in [2.24, 2.45) is 0 Å². The first-order chi connectivity index (χ1) is 12.1. The van der Waals surface area contributed by atoms with Crippen LogP contribution in [0, 0.1) is 0 Å². The molecule has 1 aromatic heterocycles. The molecule has 0 saturated heterocycles. The second-order valence-corrected chi connectivity index (χ2v) is 11.3. The number of anilines is 1. The normalized spacial score (nSPS) is 12.6. The van der Waals surface area contributed by atoms with Crippen molar-refractivity contribution in [3.63, 3.8) is 0 Å². The molecule has 1 N–H and O–H groups in total. The van der Waals surface area contributed by atoms with E-state index in [1.807, 2.05) is 0 Å². The van der Waals surface area contributed by atoms with Crippen molar-refractivity contribution in [3.05, 3.63) is 46.9 Å². The lowest BCUT2D eigenvalue weighted by atomic mass is 10.3. The molecule has 7 nitrogen and oxygen atoms in total. The van der Waals surface area contributed by atoms with Crippen molar-refractivity contribution in [3.8, 4) is 0 Å². The van der Waals surface area contributed by atoms with E-state index in [2.05, 4.69) is 25.6 Å². The van der Waals surface area contributed by atoms with E-state index in [1.165, 1.54) is 38.4 Å². The van der Waals surface area contributed by atoms with Gasteiger partial charge in [0.15, 0.2) is 5.13 Å². The van der Waals surface area contributed by atoms with Gasteiger partial charge in [0.1, 0.15) is 0 Å². The van der Waals surface area contributed by atoms with Crippen molar-refractivity contribution in [2.75, 3.05) is 18.8 Å². The zero-order valence-electron chi connectivity index (χ0n) is 13.7. The summed E-state index contributed by atoms with van der Waals surface area (Å²) in [5.74, 6) is 0. The Kier molecular flexibility index (Phi) is 5.10. The van der Waals surface area contributed by atoms with Gasteiger partial charge in [-0.25, -0.2) is 26.1 Å². The number of benzene rings is 2. The molecular formula is C15H14BrN3O4S3. The van der Waals surface area contributed by atoms with E-state index >= 15 is 0 Å². The highest BCUT2D eigenvalue weighted by Crippen LogP contribution is 2.30. The van der Waals surface area contributed by atoms with Gasteiger partial charge < -0.3 is 0 Å². The van der Waals surface area contributed by atoms with Gasteiger partial charge in [0.05, 0.1) is 20.0 Å². The number of hydrogen-bond acceptors (Lipinski definition) is 6. The Hall–Kier alpha value is -1.53. The summed E-state index contributed by atoms with van der Waals surface area (Å²) in [5, 5.41) is 0.169. The molecule has 11 heteroatoms. The topological polar surface area (TPSA) is 96.4 Å². The lowest BCUT2D eigenvalue weighted by Crippen LogP contribution is -2.22. The monoisotopic (exact) mass is 475 g/mol. The minimum Gasteiger partial charge on any atom is -0.255 e. The number of aromatic nitrogens is 1. The number of nitrogens with one attached hydrogen (secondary N) is 1. The third-order valence-corrected chi connectivity index (χ3v) is 8.24. The number of nitrogens with zero attached hydrogens (tertiary/aromatic N) is 2. The Morgan fingerprint density at radius 3 is 2.23 bits per heavy atom. The van der Waals surface area contributed by atoms with Gasteiger partial charge in [0.25, 0.3) is 10.0 Å². The molecule has 0 aliphatic rings. The molecule has 2 aromatic carbocycles. The van der Waals surface area contributed by atoms with E-state index < -0.39 is 20.0 Å². The van der Waals surface area contributed by atoms with Gasteiger partial charge in [-0.2, -0.15) is 0 Å². The maximum absolute atomic E-state index is 12.4. The standard InChI is InChI=1S/C15H14BrN3O4S3/c1-19(2)26(22,23)12-7-8-13-14(9-12)24-15(17-13)18-25(20,21)11-5-3-10(16)4-6-11/h3-9H,1-2H3,(H,17,18). The van der Waals surface area contributed by atoms with Gasteiger partial charge >= 0.3 is 0 Å². The van der Waals surface area contributed by atoms with Gasteiger partial charge in [-0.1, -0.05) is 27.3 Å². The Labute approximate surface area is 163 Å². The molecule has 3 rings (SSSR count). The first-order valence-corrected chi connectivity index (χ1v) is 11.7. The fraction of sp³-hybridized carbons (Fsp3) is 0.133. The second-order valence-electron chi connectivity index (χ2n) is 5.50. The maximum Gasteiger partial charge on any atom is 0.263 e. The highest BCUT2D eigenvalue weighted by molar-refractivity contribution is 9.10. The van der Waals surface area contributed by atoms with Gasteiger partial charge in [0.2, 0.25) is 10.0 Å². The van der Waals surface area contributed by atoms with Gasteiger partial charge in [0, 0.05) is 18.6 Å². The molecule has 0 fully saturated rings. The highest BCUT2D eigenvalue weighted by atomic mass is 79.9. The maximum atomic E-state index is 12.4. The largest absolute Gasteiger partial charge is 0.263 e. The zero-order chi connectivity index (χ0) is 19.1. The average Bonchev–Trinajstić information content (AvgIpc) is 2.95. The summed E-state index contributed by atoms with van der Waals surface area (Å²) in [6.45, 7) is 0. The van der Waals surface area contributed by atoms with Crippen LogP contribution in [-0.2, 0) is 20.0 Å². The van der Waals surface area contributed by atoms with Gasteiger partial charge in [-0.15, -0.1) is 0 Å². The summed E-state index contributed by atoms with van der Waals surface area (Å²) >= 11 is 4.33. The van der Waals surface area contributed by atoms with Crippen LogP contribution in [0.5, 0.6) is 0 Å². The summed E-state index contributed by atoms with van der Waals surface area (Å²) in [5.41, 5.74) is 0.515. The lowest BCUT2D eigenvalue weighted by molar-refractivity contribution is 0.521. The quantitative estimate of drug-likeness (QED) is 0.611. The molecule has 1 heterocycles. The number of thiazole rings is 1. The number of halogens is 1. The first kappa shape index (κ1) is 19.2. The van der Waals surface area contributed by atoms with Crippen LogP contribution in [0.3, 0.4) is 0 Å². The van der Waals surface area contributed by atoms with Crippen molar-refractivity contribution < 1.29 is 16.8 Å². The van der Waals surface area contributed by atoms with Crippen LogP contribution in [0.25, 0.3) is 10.2 Å². The van der Waals surface area contributed by atoms with Crippen LogP contribution in [-0.4, -0.2) is 40.2 Å². The van der Waals surface area contributed by atoms with Crippen LogP contribution in [0.15, 0.2) is 56.7 Å². The molecule has 3 aromatic rings. The van der Waals surface area contributed by atoms with E-state index in [0.29, 0.717) is 10.2 Å². The number of hydrogen-bond donors (Lipinski definition) is 1. The van der Waals surface area contributed by atoms with Crippen molar-refractivity contribution >= 4 is 62.7 Å². The van der Waals surface area contributed by atoms with Gasteiger partial charge in [-0.05, 0) is 42.5 Å². The van der Waals surface area contributed by atoms with Gasteiger partial charge in [-0.3, -0.25) is 4.72 Å². The molecule has 0 amide bonds. The summed E-state index contributed by atoms with van der Waals surface area (Å²) in [7, 11) is -4.45. The van der Waals surface area contributed by atoms with E-state index in [9.17, 15) is 16.8 Å². The third-order valence-electron chi connectivity index (χ3n) is 3.48. The molecule has 0 aliphatic heterocycles. The molecule has 0 atom stereocenters. The highest BCUT2D eigenvalue weighted by Gasteiger charge is 2.20. The van der Waals surface area contributed by atoms with Crippen LogP contribution in [0.2, 0.25) is 0 Å². The van der Waals surface area contributed by atoms with E-state index in [4.69, 9.17) is 0 Å². The summed E-state index contributed by atoms with van der Waals surface area (Å²) in [6, 6.07) is 10.7. The minimum absolute atomic E-state index is 0.107. The van der Waals surface area contributed by atoms with Crippen molar-refractivity contribution in [1.82, 2.24) is 9.29 Å². The molecule has 26 heavy (non-hydrogen) atoms. The fourth-order valence-electron chi connectivity index (χ4n) is 2.11. The smallest absolute Gasteiger partial charge is 0.255 e. The molecular weight excluding hydrogens is 462 g/mol. The first-order valence-electron chi connectivity index (χ1n) is 7.21. The van der Waals surface area contributed by atoms with Crippen LogP contribution < -0.4 is 4.72 Å². The molecule has 0 spiro atoms. The van der Waals surface area contributed by atoms with Crippen molar-refractivity contribution in [2.45, 2.75) is 9.79 Å². The Morgan fingerprint density at radius 2 is 1.62 bits per heavy atom. The molecule has 0 radical (unpaired) electrons. The molecule has 0 bridgehead atoms. The number of fused-ring (bicyclic) bond motifs is 1. The SMILES string of the molecule is CN(C)S(=O)(=O)c1ccc2nc(NS(=O)(=O)c3ccc(Br)cc3)sc2c1. The summed E-state index contributed by atoms with van der Waals surface area (Å²) in [4.78, 5) is 4.45. The van der Waals surface area contributed by atoms with Crippen LogP contribution in [0.4, 0.5) is 5.13 Å². The van der Waals surface area contributed by atoms with Crippen LogP contribution in [0.1, 0.15) is 0 Å². The summed E-state index contributed by atoms with van der Waals surface area (Å²) in [6.07, 6.45) is 0. The zero-order valence-corrected chi connectivity index (χ0v) is 17.7. The minimum atomic E-state index is -3.78. The number of sulfonamides is 2. The molecule has 138 valence electrons. The second kappa shape index (κ2) is 6.89. The fourth-order valence-corrected chi connectivity index (χ4v) is 5.51. The predicted octanol–water partition coefficient (Wildman–Crippen LogP) is 3.11. The lowest BCUT2D eigenvalue weighted by Gasteiger charge is -2.10. The summed E-state index contributed by atoms with van der Waals surface area (Å²) < 4.78 is 54.2. The molecule has 0 unspecified atom stereocenters. The molecule has 0 saturated carbocycles. The van der Waals surface area contributed by atoms with E-state index in [1.54, 1.807) is 18.2 Å². The Balaban J connectivity index is 1.96.